The summed E-state index contributed by atoms with van der Waals surface area (Å²) in [6, 6.07) is 15.8. The van der Waals surface area contributed by atoms with E-state index in [2.05, 4.69) is 25.0 Å². The molecule has 1 aliphatic carbocycles. The number of para-hydroxylation sites is 1. The Hall–Kier alpha value is -2.84. The normalized spacial score (nSPS) is 14.5. The molecule has 0 saturated heterocycles. The molecule has 0 aliphatic heterocycles. The van der Waals surface area contributed by atoms with Gasteiger partial charge in [-0.05, 0) is 51.0 Å². The number of ether oxygens (including phenoxy) is 1. The van der Waals surface area contributed by atoms with Gasteiger partial charge in [-0.3, -0.25) is 4.57 Å². The van der Waals surface area contributed by atoms with E-state index in [1.54, 1.807) is 17.8 Å². The molecule has 7 nitrogen and oxygen atoms in total. The van der Waals surface area contributed by atoms with E-state index in [0.717, 1.165) is 34.9 Å². The molecule has 32 heavy (non-hydrogen) atoms. The monoisotopic (exact) mass is 467 g/mol. The van der Waals surface area contributed by atoms with Crippen molar-refractivity contribution in [3.63, 3.8) is 0 Å². The van der Waals surface area contributed by atoms with Crippen LogP contribution in [0, 0.1) is 6.92 Å². The summed E-state index contributed by atoms with van der Waals surface area (Å²) in [6.45, 7) is 4.38. The highest BCUT2D eigenvalue weighted by molar-refractivity contribution is 7.99. The summed E-state index contributed by atoms with van der Waals surface area (Å²) in [5.74, 6) is 2.50. The van der Waals surface area contributed by atoms with Crippen LogP contribution < -0.4 is 4.74 Å². The van der Waals surface area contributed by atoms with Crippen LogP contribution in [0.25, 0.3) is 11.5 Å². The number of hydrogen-bond acceptors (Lipinski definition) is 7. The molecule has 2 aromatic carbocycles. The number of nitrogens with zero attached hydrogens (tertiary/aromatic N) is 5. The third kappa shape index (κ3) is 4.52. The van der Waals surface area contributed by atoms with E-state index >= 15 is 0 Å². The molecular formula is C23H22ClN5O2S. The Morgan fingerprint density at radius 2 is 1.97 bits per heavy atom. The summed E-state index contributed by atoms with van der Waals surface area (Å²) in [7, 11) is 0. The van der Waals surface area contributed by atoms with Crippen LogP contribution in [-0.2, 0) is 6.61 Å². The van der Waals surface area contributed by atoms with Crippen LogP contribution in [0.2, 0.25) is 5.02 Å². The molecule has 1 atom stereocenters. The zero-order valence-electron chi connectivity index (χ0n) is 17.7. The molecular weight excluding hydrogens is 446 g/mol. The molecule has 1 saturated carbocycles. The van der Waals surface area contributed by atoms with Gasteiger partial charge in [0.15, 0.2) is 11.0 Å². The first-order chi connectivity index (χ1) is 15.6. The van der Waals surface area contributed by atoms with Gasteiger partial charge >= 0.3 is 0 Å². The lowest BCUT2D eigenvalue weighted by atomic mass is 10.1. The van der Waals surface area contributed by atoms with Crippen LogP contribution in [0.1, 0.15) is 48.3 Å². The van der Waals surface area contributed by atoms with Crippen LogP contribution in [0.4, 0.5) is 0 Å². The summed E-state index contributed by atoms with van der Waals surface area (Å²) >= 11 is 7.77. The third-order valence-electron chi connectivity index (χ3n) is 5.18. The number of rotatable bonds is 8. The first-order valence-corrected chi connectivity index (χ1v) is 11.7. The molecule has 0 amide bonds. The second kappa shape index (κ2) is 8.96. The SMILES string of the molecule is Cc1cccc(-c2nnc(C(C)Sc3nnc(COc4ccccc4Cl)n3C3CC3)o2)c1. The lowest BCUT2D eigenvalue weighted by Crippen LogP contribution is -2.07. The molecule has 1 fully saturated rings. The Morgan fingerprint density at radius 3 is 2.75 bits per heavy atom. The highest BCUT2D eigenvalue weighted by Crippen LogP contribution is 2.42. The zero-order chi connectivity index (χ0) is 22.1. The number of aryl methyl sites for hydroxylation is 1. The van der Waals surface area contributed by atoms with Gasteiger partial charge in [0, 0.05) is 11.6 Å². The van der Waals surface area contributed by atoms with Crippen molar-refractivity contribution in [2.45, 2.75) is 49.7 Å². The maximum atomic E-state index is 6.21. The van der Waals surface area contributed by atoms with Gasteiger partial charge in [-0.15, -0.1) is 20.4 Å². The molecule has 5 rings (SSSR count). The Kier molecular flexibility index (Phi) is 5.89. The van der Waals surface area contributed by atoms with Gasteiger partial charge in [0.25, 0.3) is 0 Å². The molecule has 1 aliphatic rings. The molecule has 1 unspecified atom stereocenters. The van der Waals surface area contributed by atoms with E-state index < -0.39 is 0 Å². The second-order valence-corrected chi connectivity index (χ2v) is 9.51. The van der Waals surface area contributed by atoms with Crippen molar-refractivity contribution < 1.29 is 9.15 Å². The molecule has 2 aromatic heterocycles. The maximum Gasteiger partial charge on any atom is 0.247 e. The highest BCUT2D eigenvalue weighted by Gasteiger charge is 2.31. The molecule has 0 N–H and O–H groups in total. The van der Waals surface area contributed by atoms with Crippen molar-refractivity contribution in [3.05, 3.63) is 70.8 Å². The molecule has 0 radical (unpaired) electrons. The second-order valence-electron chi connectivity index (χ2n) is 7.79. The van der Waals surface area contributed by atoms with Crippen molar-refractivity contribution in [2.24, 2.45) is 0 Å². The molecule has 164 valence electrons. The number of thioether (sulfide) groups is 1. The Labute approximate surface area is 195 Å². The smallest absolute Gasteiger partial charge is 0.247 e. The van der Waals surface area contributed by atoms with Gasteiger partial charge in [-0.1, -0.05) is 53.2 Å². The number of hydrogen-bond donors (Lipinski definition) is 0. The minimum Gasteiger partial charge on any atom is -0.484 e. The van der Waals surface area contributed by atoms with E-state index in [1.807, 2.05) is 56.3 Å². The summed E-state index contributed by atoms with van der Waals surface area (Å²) in [4.78, 5) is 0. The van der Waals surface area contributed by atoms with Crippen LogP contribution >= 0.6 is 23.4 Å². The van der Waals surface area contributed by atoms with Crippen LogP contribution in [-0.4, -0.2) is 25.0 Å². The molecule has 4 aromatic rings. The highest BCUT2D eigenvalue weighted by atomic mass is 35.5. The van der Waals surface area contributed by atoms with Gasteiger partial charge in [0.05, 0.1) is 10.3 Å². The summed E-state index contributed by atoms with van der Waals surface area (Å²) in [5.41, 5.74) is 2.06. The molecule has 9 heteroatoms. The van der Waals surface area contributed by atoms with E-state index in [0.29, 0.717) is 35.2 Å². The van der Waals surface area contributed by atoms with E-state index in [9.17, 15) is 0 Å². The van der Waals surface area contributed by atoms with Gasteiger partial charge in [0.1, 0.15) is 12.4 Å². The van der Waals surface area contributed by atoms with Gasteiger partial charge in [-0.25, -0.2) is 0 Å². The Morgan fingerprint density at radius 1 is 1.12 bits per heavy atom. The Bertz CT molecular complexity index is 1240. The van der Waals surface area contributed by atoms with E-state index in [1.165, 1.54) is 0 Å². The van der Waals surface area contributed by atoms with Gasteiger partial charge < -0.3 is 9.15 Å². The molecule has 2 heterocycles. The third-order valence-corrected chi connectivity index (χ3v) is 6.53. The lowest BCUT2D eigenvalue weighted by Gasteiger charge is -2.12. The van der Waals surface area contributed by atoms with Crippen molar-refractivity contribution >= 4 is 23.4 Å². The summed E-state index contributed by atoms with van der Waals surface area (Å²) in [6.07, 6.45) is 2.22. The average Bonchev–Trinajstić information content (AvgIpc) is 3.35. The van der Waals surface area contributed by atoms with Gasteiger partial charge in [0.2, 0.25) is 11.8 Å². The first kappa shape index (κ1) is 21.0. The van der Waals surface area contributed by atoms with E-state index in [-0.39, 0.29) is 5.25 Å². The number of halogens is 1. The minimum atomic E-state index is -0.0694. The van der Waals surface area contributed by atoms with Crippen molar-refractivity contribution in [1.29, 1.82) is 0 Å². The fourth-order valence-electron chi connectivity index (χ4n) is 3.39. The minimum absolute atomic E-state index is 0.0694. The van der Waals surface area contributed by atoms with Crippen molar-refractivity contribution in [2.75, 3.05) is 0 Å². The topological polar surface area (TPSA) is 78.9 Å². The van der Waals surface area contributed by atoms with Crippen LogP contribution in [0.3, 0.4) is 0 Å². The molecule has 0 spiro atoms. The number of benzene rings is 2. The Balaban J connectivity index is 1.32. The molecule has 0 bridgehead atoms. The first-order valence-electron chi connectivity index (χ1n) is 10.5. The standard InChI is InChI=1S/C23H22ClN5O2S/c1-14-6-5-7-16(12-14)22-27-26-21(31-22)15(2)32-23-28-25-20(29(23)17-10-11-17)13-30-19-9-4-3-8-18(19)24/h3-9,12,15,17H,10-11,13H2,1-2H3. The summed E-state index contributed by atoms with van der Waals surface area (Å²) < 4.78 is 14.0. The lowest BCUT2D eigenvalue weighted by molar-refractivity contribution is 0.288. The van der Waals surface area contributed by atoms with Gasteiger partial charge in [-0.2, -0.15) is 0 Å². The summed E-state index contributed by atoms with van der Waals surface area (Å²) in [5, 5.41) is 18.6. The predicted molar refractivity (Wildman–Crippen MR) is 123 cm³/mol. The van der Waals surface area contributed by atoms with Crippen molar-refractivity contribution in [1.82, 2.24) is 25.0 Å². The maximum absolute atomic E-state index is 6.21. The fourth-order valence-corrected chi connectivity index (χ4v) is 4.55. The van der Waals surface area contributed by atoms with Crippen LogP contribution in [0.15, 0.2) is 58.1 Å². The fraction of sp³-hybridized carbons (Fsp3) is 0.304. The quantitative estimate of drug-likeness (QED) is 0.291. The van der Waals surface area contributed by atoms with Crippen LogP contribution in [0.5, 0.6) is 5.75 Å². The predicted octanol–water partition coefficient (Wildman–Crippen LogP) is 6.06. The van der Waals surface area contributed by atoms with E-state index in [4.69, 9.17) is 20.8 Å². The number of aromatic nitrogens is 5. The zero-order valence-corrected chi connectivity index (χ0v) is 19.3. The average molecular weight is 468 g/mol. The largest absolute Gasteiger partial charge is 0.484 e. The van der Waals surface area contributed by atoms with Crippen molar-refractivity contribution in [3.8, 4) is 17.2 Å².